The highest BCUT2D eigenvalue weighted by Gasteiger charge is 2.17. The SMILES string of the molecule is CCOC(CNC(=O)CCC1CCCO1)OCC. The summed E-state index contributed by atoms with van der Waals surface area (Å²) in [6.45, 7) is 6.22. The van der Waals surface area contributed by atoms with E-state index in [0.29, 0.717) is 26.2 Å². The molecule has 1 aliphatic rings. The van der Waals surface area contributed by atoms with E-state index in [9.17, 15) is 4.79 Å². The van der Waals surface area contributed by atoms with Crippen LogP contribution in [0.1, 0.15) is 39.5 Å². The number of nitrogens with one attached hydrogen (secondary N) is 1. The van der Waals surface area contributed by atoms with Crippen LogP contribution in [0.2, 0.25) is 0 Å². The lowest BCUT2D eigenvalue weighted by molar-refractivity contribution is -0.140. The van der Waals surface area contributed by atoms with Gasteiger partial charge in [-0.1, -0.05) is 0 Å². The summed E-state index contributed by atoms with van der Waals surface area (Å²) in [5.74, 6) is 0.0370. The number of amides is 1. The van der Waals surface area contributed by atoms with Crippen LogP contribution in [0.4, 0.5) is 0 Å². The van der Waals surface area contributed by atoms with Crippen molar-refractivity contribution in [3.63, 3.8) is 0 Å². The van der Waals surface area contributed by atoms with Crippen LogP contribution in [0.3, 0.4) is 0 Å². The van der Waals surface area contributed by atoms with E-state index < -0.39 is 0 Å². The Morgan fingerprint density at radius 2 is 2.11 bits per heavy atom. The Bertz CT molecular complexity index is 223. The van der Waals surface area contributed by atoms with Crippen LogP contribution in [0.25, 0.3) is 0 Å². The first-order valence-corrected chi connectivity index (χ1v) is 6.87. The highest BCUT2D eigenvalue weighted by Crippen LogP contribution is 2.16. The third kappa shape index (κ3) is 6.33. The van der Waals surface area contributed by atoms with Gasteiger partial charge in [0.1, 0.15) is 0 Å². The van der Waals surface area contributed by atoms with Gasteiger partial charge >= 0.3 is 0 Å². The summed E-state index contributed by atoms with van der Waals surface area (Å²) >= 11 is 0. The van der Waals surface area contributed by atoms with Gasteiger partial charge in [0.15, 0.2) is 6.29 Å². The van der Waals surface area contributed by atoms with Gasteiger partial charge < -0.3 is 19.5 Å². The molecule has 1 saturated heterocycles. The molecule has 0 aromatic rings. The third-order valence-electron chi connectivity index (χ3n) is 2.89. The standard InChI is InChI=1S/C13H25NO4/c1-3-16-13(17-4-2)10-14-12(15)8-7-11-6-5-9-18-11/h11,13H,3-10H2,1-2H3,(H,14,15). The number of rotatable bonds is 9. The Labute approximate surface area is 109 Å². The van der Waals surface area contributed by atoms with E-state index in [-0.39, 0.29) is 18.3 Å². The quantitative estimate of drug-likeness (QED) is 0.637. The molecular formula is C13H25NO4. The maximum Gasteiger partial charge on any atom is 0.220 e. The minimum absolute atomic E-state index is 0.0370. The Balaban J connectivity index is 2.10. The third-order valence-corrected chi connectivity index (χ3v) is 2.89. The largest absolute Gasteiger partial charge is 0.378 e. The number of ether oxygens (including phenoxy) is 3. The van der Waals surface area contributed by atoms with Crippen LogP contribution in [-0.4, -0.2) is 44.7 Å². The van der Waals surface area contributed by atoms with Crippen molar-refractivity contribution in [1.82, 2.24) is 5.32 Å². The Morgan fingerprint density at radius 1 is 1.39 bits per heavy atom. The molecule has 1 N–H and O–H groups in total. The van der Waals surface area contributed by atoms with E-state index >= 15 is 0 Å². The second-order valence-corrected chi connectivity index (χ2v) is 4.32. The molecule has 0 aliphatic carbocycles. The lowest BCUT2D eigenvalue weighted by Gasteiger charge is -2.17. The van der Waals surface area contributed by atoms with Gasteiger partial charge in [-0.2, -0.15) is 0 Å². The summed E-state index contributed by atoms with van der Waals surface area (Å²) < 4.78 is 16.2. The molecule has 18 heavy (non-hydrogen) atoms. The molecule has 1 fully saturated rings. The predicted molar refractivity (Wildman–Crippen MR) is 68.3 cm³/mol. The predicted octanol–water partition coefficient (Wildman–Crippen LogP) is 1.46. The lowest BCUT2D eigenvalue weighted by Crippen LogP contribution is -2.35. The van der Waals surface area contributed by atoms with Crippen LogP contribution in [0.15, 0.2) is 0 Å². The van der Waals surface area contributed by atoms with Gasteiger partial charge in [-0.3, -0.25) is 4.79 Å². The summed E-state index contributed by atoms with van der Waals surface area (Å²) in [7, 11) is 0. The molecule has 0 aromatic heterocycles. The van der Waals surface area contributed by atoms with Crippen molar-refractivity contribution < 1.29 is 19.0 Å². The van der Waals surface area contributed by atoms with Gasteiger partial charge in [-0.25, -0.2) is 0 Å². The minimum Gasteiger partial charge on any atom is -0.378 e. The maximum absolute atomic E-state index is 11.6. The van der Waals surface area contributed by atoms with E-state index in [1.807, 2.05) is 13.8 Å². The molecule has 0 radical (unpaired) electrons. The van der Waals surface area contributed by atoms with Gasteiger partial charge in [0.2, 0.25) is 5.91 Å². The minimum atomic E-state index is -0.341. The first-order chi connectivity index (χ1) is 8.76. The monoisotopic (exact) mass is 259 g/mol. The molecule has 1 atom stereocenters. The zero-order chi connectivity index (χ0) is 13.2. The topological polar surface area (TPSA) is 56.8 Å². The molecule has 1 heterocycles. The Morgan fingerprint density at radius 3 is 2.67 bits per heavy atom. The fraction of sp³-hybridized carbons (Fsp3) is 0.923. The van der Waals surface area contributed by atoms with Crippen molar-refractivity contribution >= 4 is 5.91 Å². The van der Waals surface area contributed by atoms with Crippen molar-refractivity contribution in [2.24, 2.45) is 0 Å². The number of carbonyl (C=O) groups is 1. The fourth-order valence-electron chi connectivity index (χ4n) is 1.99. The van der Waals surface area contributed by atoms with Crippen LogP contribution >= 0.6 is 0 Å². The van der Waals surface area contributed by atoms with E-state index in [1.54, 1.807) is 0 Å². The van der Waals surface area contributed by atoms with E-state index in [4.69, 9.17) is 14.2 Å². The molecule has 0 bridgehead atoms. The summed E-state index contributed by atoms with van der Waals surface area (Å²) in [6, 6.07) is 0. The summed E-state index contributed by atoms with van der Waals surface area (Å²) in [5.41, 5.74) is 0. The zero-order valence-electron chi connectivity index (χ0n) is 11.4. The van der Waals surface area contributed by atoms with Crippen LogP contribution < -0.4 is 5.32 Å². The van der Waals surface area contributed by atoms with Gasteiger partial charge in [0.05, 0.1) is 12.6 Å². The molecule has 0 saturated carbocycles. The molecule has 1 amide bonds. The van der Waals surface area contributed by atoms with Crippen molar-refractivity contribution in [1.29, 1.82) is 0 Å². The normalized spacial score (nSPS) is 19.4. The van der Waals surface area contributed by atoms with Gasteiger partial charge in [-0.05, 0) is 33.1 Å². The van der Waals surface area contributed by atoms with Gasteiger partial charge in [0.25, 0.3) is 0 Å². The molecule has 0 aromatic carbocycles. The van der Waals surface area contributed by atoms with Crippen molar-refractivity contribution in [2.45, 2.75) is 51.9 Å². The van der Waals surface area contributed by atoms with Crippen molar-refractivity contribution in [3.8, 4) is 0 Å². The van der Waals surface area contributed by atoms with Crippen LogP contribution in [-0.2, 0) is 19.0 Å². The first-order valence-electron chi connectivity index (χ1n) is 6.87. The zero-order valence-corrected chi connectivity index (χ0v) is 11.4. The Kier molecular flexibility index (Phi) is 7.96. The molecule has 0 spiro atoms. The number of hydrogen-bond acceptors (Lipinski definition) is 4. The fourth-order valence-corrected chi connectivity index (χ4v) is 1.99. The molecular weight excluding hydrogens is 234 g/mol. The average Bonchev–Trinajstić information content (AvgIpc) is 2.87. The van der Waals surface area contributed by atoms with E-state index in [0.717, 1.165) is 25.9 Å². The second-order valence-electron chi connectivity index (χ2n) is 4.32. The van der Waals surface area contributed by atoms with Gasteiger partial charge in [0, 0.05) is 26.2 Å². The molecule has 5 nitrogen and oxygen atoms in total. The highest BCUT2D eigenvalue weighted by molar-refractivity contribution is 5.75. The summed E-state index contributed by atoms with van der Waals surface area (Å²) in [6.07, 6.45) is 3.43. The Hall–Kier alpha value is -0.650. The summed E-state index contributed by atoms with van der Waals surface area (Å²) in [5, 5.41) is 2.83. The number of hydrogen-bond donors (Lipinski definition) is 1. The van der Waals surface area contributed by atoms with E-state index in [1.165, 1.54) is 0 Å². The molecule has 1 unspecified atom stereocenters. The highest BCUT2D eigenvalue weighted by atomic mass is 16.7. The van der Waals surface area contributed by atoms with E-state index in [2.05, 4.69) is 5.32 Å². The molecule has 106 valence electrons. The van der Waals surface area contributed by atoms with Gasteiger partial charge in [-0.15, -0.1) is 0 Å². The molecule has 5 heteroatoms. The smallest absolute Gasteiger partial charge is 0.220 e. The molecule has 1 aliphatic heterocycles. The van der Waals surface area contributed by atoms with Crippen molar-refractivity contribution in [3.05, 3.63) is 0 Å². The number of carbonyl (C=O) groups excluding carboxylic acids is 1. The average molecular weight is 259 g/mol. The van der Waals surface area contributed by atoms with Crippen molar-refractivity contribution in [2.75, 3.05) is 26.4 Å². The maximum atomic E-state index is 11.6. The first kappa shape index (κ1) is 15.4. The molecule has 1 rings (SSSR count). The second kappa shape index (κ2) is 9.30. The van der Waals surface area contributed by atoms with Crippen LogP contribution in [0.5, 0.6) is 0 Å². The summed E-state index contributed by atoms with van der Waals surface area (Å²) in [4.78, 5) is 11.6. The van der Waals surface area contributed by atoms with Crippen LogP contribution in [0, 0.1) is 0 Å². The lowest BCUT2D eigenvalue weighted by atomic mass is 10.1.